The number of pyridine rings is 1. The van der Waals surface area contributed by atoms with Crippen LogP contribution in [0.5, 0.6) is 11.5 Å². The average Bonchev–Trinajstić information content (AvgIpc) is 2.78. The van der Waals surface area contributed by atoms with Gasteiger partial charge in [-0.2, -0.15) is 0 Å². The summed E-state index contributed by atoms with van der Waals surface area (Å²) in [7, 11) is 0. The van der Waals surface area contributed by atoms with Gasteiger partial charge in [0.25, 0.3) is 5.91 Å². The van der Waals surface area contributed by atoms with Gasteiger partial charge in [0.2, 0.25) is 5.95 Å². The van der Waals surface area contributed by atoms with Gasteiger partial charge in [-0.3, -0.25) is 4.79 Å². The van der Waals surface area contributed by atoms with E-state index in [9.17, 15) is 18.0 Å². The molecule has 0 unspecified atom stereocenters. The summed E-state index contributed by atoms with van der Waals surface area (Å²) in [5, 5.41) is 5.75. The normalized spacial score (nSPS) is 14.2. The standard InChI is InChI=1S/C21H20ClF3N6O3/c1-12-19-15(28-20(27-12)31-8-6-26-7-9-31)3-5-17(30-19)29-18(32)11-33-16-4-2-13(10-14(16)22)34-21(23,24)25/h2-5,10,26H,6-9,11H2,1H3,(H,29,30,32). The number of ether oxygens (including phenoxy) is 2. The molecular weight excluding hydrogens is 477 g/mol. The van der Waals surface area contributed by atoms with E-state index in [0.29, 0.717) is 22.7 Å². The lowest BCUT2D eigenvalue weighted by Gasteiger charge is -2.27. The summed E-state index contributed by atoms with van der Waals surface area (Å²) in [6.45, 7) is 4.75. The zero-order valence-electron chi connectivity index (χ0n) is 17.9. The number of amides is 1. The molecule has 3 heterocycles. The molecule has 1 saturated heterocycles. The number of anilines is 2. The van der Waals surface area contributed by atoms with Crippen LogP contribution in [-0.4, -0.2) is 60.0 Å². The number of benzene rings is 1. The molecule has 0 atom stereocenters. The molecule has 0 spiro atoms. The highest BCUT2D eigenvalue weighted by Gasteiger charge is 2.31. The Morgan fingerprint density at radius 3 is 2.65 bits per heavy atom. The van der Waals surface area contributed by atoms with Gasteiger partial charge in [-0.05, 0) is 31.2 Å². The van der Waals surface area contributed by atoms with Gasteiger partial charge in [0.05, 0.1) is 16.2 Å². The van der Waals surface area contributed by atoms with Crippen molar-refractivity contribution in [1.29, 1.82) is 0 Å². The van der Waals surface area contributed by atoms with Gasteiger partial charge in [0, 0.05) is 32.2 Å². The van der Waals surface area contributed by atoms with Crippen molar-refractivity contribution in [2.24, 2.45) is 0 Å². The first-order valence-electron chi connectivity index (χ1n) is 10.3. The lowest BCUT2D eigenvalue weighted by atomic mass is 10.3. The van der Waals surface area contributed by atoms with E-state index in [1.165, 1.54) is 6.07 Å². The third-order valence-electron chi connectivity index (χ3n) is 4.87. The number of rotatable bonds is 6. The Labute approximate surface area is 197 Å². The van der Waals surface area contributed by atoms with Crippen LogP contribution in [0.3, 0.4) is 0 Å². The molecular formula is C21H20ClF3N6O3. The maximum absolute atomic E-state index is 12.3. The quantitative estimate of drug-likeness (QED) is 0.536. The molecule has 34 heavy (non-hydrogen) atoms. The molecule has 180 valence electrons. The Balaban J connectivity index is 1.39. The first-order valence-corrected chi connectivity index (χ1v) is 10.6. The van der Waals surface area contributed by atoms with E-state index in [1.807, 2.05) is 6.92 Å². The summed E-state index contributed by atoms with van der Waals surface area (Å²) in [6, 6.07) is 6.53. The van der Waals surface area contributed by atoms with E-state index in [-0.39, 0.29) is 16.6 Å². The van der Waals surface area contributed by atoms with E-state index in [1.54, 1.807) is 12.1 Å². The number of aromatic nitrogens is 3. The molecule has 1 amide bonds. The molecule has 0 saturated carbocycles. The fourth-order valence-electron chi connectivity index (χ4n) is 3.34. The minimum atomic E-state index is -4.84. The van der Waals surface area contributed by atoms with Crippen LogP contribution in [0.1, 0.15) is 5.69 Å². The topological polar surface area (TPSA) is 102 Å². The predicted molar refractivity (Wildman–Crippen MR) is 119 cm³/mol. The summed E-state index contributed by atoms with van der Waals surface area (Å²) < 4.78 is 46.0. The molecule has 2 N–H and O–H groups in total. The van der Waals surface area contributed by atoms with E-state index >= 15 is 0 Å². The number of fused-ring (bicyclic) bond motifs is 1. The molecule has 3 aromatic rings. The molecule has 1 aliphatic rings. The zero-order valence-corrected chi connectivity index (χ0v) is 18.7. The third-order valence-corrected chi connectivity index (χ3v) is 5.16. The van der Waals surface area contributed by atoms with E-state index in [4.69, 9.17) is 16.3 Å². The van der Waals surface area contributed by atoms with Crippen molar-refractivity contribution in [3.05, 3.63) is 41.0 Å². The van der Waals surface area contributed by atoms with E-state index < -0.39 is 24.6 Å². The molecule has 0 bridgehead atoms. The number of alkyl halides is 3. The molecule has 0 radical (unpaired) electrons. The second-order valence-corrected chi connectivity index (χ2v) is 7.79. The second-order valence-electron chi connectivity index (χ2n) is 7.39. The summed E-state index contributed by atoms with van der Waals surface area (Å²) in [4.78, 5) is 28.0. The van der Waals surface area contributed by atoms with Crippen molar-refractivity contribution in [2.75, 3.05) is 43.0 Å². The largest absolute Gasteiger partial charge is 0.573 e. The lowest BCUT2D eigenvalue weighted by molar-refractivity contribution is -0.274. The number of carbonyl (C=O) groups is 1. The second kappa shape index (κ2) is 9.85. The molecule has 4 rings (SSSR count). The fraction of sp³-hybridized carbons (Fsp3) is 0.333. The van der Waals surface area contributed by atoms with Crippen molar-refractivity contribution < 1.29 is 27.4 Å². The zero-order chi connectivity index (χ0) is 24.3. The van der Waals surface area contributed by atoms with Crippen molar-refractivity contribution in [1.82, 2.24) is 20.3 Å². The number of halogens is 4. The van der Waals surface area contributed by atoms with Crippen molar-refractivity contribution in [3.8, 4) is 11.5 Å². The Kier molecular flexibility index (Phi) is 6.89. The SMILES string of the molecule is Cc1nc(N2CCNCC2)nc2ccc(NC(=O)COc3ccc(OC(F)(F)F)cc3Cl)nc12. The van der Waals surface area contributed by atoms with Crippen LogP contribution in [0.4, 0.5) is 24.9 Å². The van der Waals surface area contributed by atoms with Crippen LogP contribution in [0.25, 0.3) is 11.0 Å². The maximum atomic E-state index is 12.3. The monoisotopic (exact) mass is 496 g/mol. The van der Waals surface area contributed by atoms with Crippen molar-refractivity contribution in [2.45, 2.75) is 13.3 Å². The van der Waals surface area contributed by atoms with Gasteiger partial charge in [-0.15, -0.1) is 13.2 Å². The summed E-state index contributed by atoms with van der Waals surface area (Å²) >= 11 is 5.92. The van der Waals surface area contributed by atoms with Gasteiger partial charge in [-0.1, -0.05) is 11.6 Å². The third kappa shape index (κ3) is 5.94. The summed E-state index contributed by atoms with van der Waals surface area (Å²) in [5.74, 6) is -0.0748. The molecule has 0 aliphatic carbocycles. The van der Waals surface area contributed by atoms with Crippen LogP contribution in [0.15, 0.2) is 30.3 Å². The average molecular weight is 497 g/mol. The Bertz CT molecular complexity index is 1200. The first-order chi connectivity index (χ1) is 16.2. The van der Waals surface area contributed by atoms with Crippen LogP contribution in [0.2, 0.25) is 5.02 Å². The van der Waals surface area contributed by atoms with Gasteiger partial charge in [0.1, 0.15) is 22.8 Å². The van der Waals surface area contributed by atoms with Gasteiger partial charge < -0.3 is 25.0 Å². The van der Waals surface area contributed by atoms with Crippen molar-refractivity contribution in [3.63, 3.8) is 0 Å². The molecule has 1 aromatic carbocycles. The Morgan fingerprint density at radius 1 is 1.18 bits per heavy atom. The molecule has 1 fully saturated rings. The van der Waals surface area contributed by atoms with Gasteiger partial charge in [-0.25, -0.2) is 15.0 Å². The Morgan fingerprint density at radius 2 is 1.94 bits per heavy atom. The minimum absolute atomic E-state index is 0.0301. The predicted octanol–water partition coefficient (Wildman–Crippen LogP) is 3.31. The summed E-state index contributed by atoms with van der Waals surface area (Å²) in [6.07, 6.45) is -4.84. The number of carbonyl (C=O) groups excluding carboxylic acids is 1. The highest BCUT2D eigenvalue weighted by Crippen LogP contribution is 2.31. The number of nitrogens with one attached hydrogen (secondary N) is 2. The fourth-order valence-corrected chi connectivity index (χ4v) is 3.56. The van der Waals surface area contributed by atoms with Crippen LogP contribution >= 0.6 is 11.6 Å². The van der Waals surface area contributed by atoms with E-state index in [2.05, 4.69) is 35.2 Å². The lowest BCUT2D eigenvalue weighted by Crippen LogP contribution is -2.44. The molecule has 2 aromatic heterocycles. The number of aryl methyl sites for hydroxylation is 1. The highest BCUT2D eigenvalue weighted by molar-refractivity contribution is 6.32. The number of piperazine rings is 1. The maximum Gasteiger partial charge on any atom is 0.573 e. The number of hydrogen-bond acceptors (Lipinski definition) is 8. The van der Waals surface area contributed by atoms with Crippen molar-refractivity contribution >= 4 is 40.3 Å². The van der Waals surface area contributed by atoms with Gasteiger partial charge >= 0.3 is 6.36 Å². The number of nitrogens with zero attached hydrogens (tertiary/aromatic N) is 4. The first kappa shape index (κ1) is 23.8. The van der Waals surface area contributed by atoms with Crippen LogP contribution in [-0.2, 0) is 4.79 Å². The van der Waals surface area contributed by atoms with Crippen LogP contribution in [0, 0.1) is 6.92 Å². The minimum Gasteiger partial charge on any atom is -0.482 e. The Hall–Kier alpha value is -3.38. The molecule has 1 aliphatic heterocycles. The van der Waals surface area contributed by atoms with E-state index in [0.717, 1.165) is 38.3 Å². The molecule has 9 nitrogen and oxygen atoms in total. The molecule has 13 heteroatoms. The summed E-state index contributed by atoms with van der Waals surface area (Å²) in [5.41, 5.74) is 1.89. The highest BCUT2D eigenvalue weighted by atomic mass is 35.5. The smallest absolute Gasteiger partial charge is 0.482 e. The van der Waals surface area contributed by atoms with Crippen LogP contribution < -0.4 is 25.0 Å². The number of hydrogen-bond donors (Lipinski definition) is 2. The van der Waals surface area contributed by atoms with Gasteiger partial charge in [0.15, 0.2) is 6.61 Å².